The lowest BCUT2D eigenvalue weighted by atomic mass is 10.4. The van der Waals surface area contributed by atoms with Crippen molar-refractivity contribution in [1.82, 2.24) is 4.98 Å². The van der Waals surface area contributed by atoms with Gasteiger partial charge < -0.3 is 10.1 Å². The number of hydrogen-bond acceptors (Lipinski definition) is 3. The van der Waals surface area contributed by atoms with Gasteiger partial charge in [-0.3, -0.25) is 0 Å². The third-order valence-corrected chi connectivity index (χ3v) is 1.24. The van der Waals surface area contributed by atoms with Crippen LogP contribution < -0.4 is 10.1 Å². The minimum Gasteiger partial charge on any atom is -0.388 e. The summed E-state index contributed by atoms with van der Waals surface area (Å²) in [6, 6.07) is 2.69. The molecular formula is C7H7F3N2O. The van der Waals surface area contributed by atoms with Crippen LogP contribution in [0, 0.1) is 0 Å². The number of pyridine rings is 1. The van der Waals surface area contributed by atoms with Crippen LogP contribution in [0.5, 0.6) is 5.88 Å². The Morgan fingerprint density at radius 1 is 1.46 bits per heavy atom. The van der Waals surface area contributed by atoms with E-state index in [1.807, 2.05) is 0 Å². The van der Waals surface area contributed by atoms with Crippen molar-refractivity contribution in [2.45, 2.75) is 6.36 Å². The van der Waals surface area contributed by atoms with Crippen molar-refractivity contribution in [3.8, 4) is 5.88 Å². The zero-order valence-electron chi connectivity index (χ0n) is 6.72. The van der Waals surface area contributed by atoms with Gasteiger partial charge in [0.2, 0.25) is 5.88 Å². The van der Waals surface area contributed by atoms with E-state index in [9.17, 15) is 13.2 Å². The van der Waals surface area contributed by atoms with Gasteiger partial charge in [0.05, 0.1) is 0 Å². The molecule has 13 heavy (non-hydrogen) atoms. The van der Waals surface area contributed by atoms with Crippen molar-refractivity contribution in [3.05, 3.63) is 18.3 Å². The van der Waals surface area contributed by atoms with E-state index in [1.165, 1.54) is 12.3 Å². The van der Waals surface area contributed by atoms with Gasteiger partial charge >= 0.3 is 6.36 Å². The van der Waals surface area contributed by atoms with Gasteiger partial charge in [-0.2, -0.15) is 0 Å². The number of aromatic nitrogens is 1. The fourth-order valence-corrected chi connectivity index (χ4v) is 0.739. The number of hydrogen-bond donors (Lipinski definition) is 1. The summed E-state index contributed by atoms with van der Waals surface area (Å²) in [6.45, 7) is 0. The van der Waals surface area contributed by atoms with Gasteiger partial charge in [0, 0.05) is 25.0 Å². The normalized spacial score (nSPS) is 11.1. The molecule has 0 radical (unpaired) electrons. The lowest BCUT2D eigenvalue weighted by Gasteiger charge is -2.08. The molecule has 1 rings (SSSR count). The second kappa shape index (κ2) is 3.51. The third kappa shape index (κ3) is 3.18. The topological polar surface area (TPSA) is 34.2 Å². The average molecular weight is 192 g/mol. The van der Waals surface area contributed by atoms with E-state index in [0.717, 1.165) is 6.07 Å². The smallest absolute Gasteiger partial charge is 0.388 e. The fourth-order valence-electron chi connectivity index (χ4n) is 0.739. The standard InChI is InChI=1S/C7H7F3N2O/c1-11-5-2-3-12-6(4-5)13-7(8,9)10/h2-4H,1H3,(H,11,12). The number of halogens is 3. The van der Waals surface area contributed by atoms with Gasteiger partial charge in [-0.05, 0) is 6.07 Å². The predicted molar refractivity (Wildman–Crippen MR) is 40.5 cm³/mol. The molecule has 0 unspecified atom stereocenters. The molecule has 0 atom stereocenters. The summed E-state index contributed by atoms with van der Waals surface area (Å²) in [6.07, 6.45) is -3.47. The number of rotatable bonds is 2. The minimum atomic E-state index is -4.70. The molecule has 0 aliphatic rings. The first kappa shape index (κ1) is 9.63. The van der Waals surface area contributed by atoms with Crippen LogP contribution >= 0.6 is 0 Å². The summed E-state index contributed by atoms with van der Waals surface area (Å²) in [5.41, 5.74) is 0.509. The summed E-state index contributed by atoms with van der Waals surface area (Å²) in [5.74, 6) is -0.473. The fraction of sp³-hybridized carbons (Fsp3) is 0.286. The molecule has 1 aromatic heterocycles. The van der Waals surface area contributed by atoms with Crippen molar-refractivity contribution in [3.63, 3.8) is 0 Å². The van der Waals surface area contributed by atoms with Crippen molar-refractivity contribution in [2.24, 2.45) is 0 Å². The molecule has 0 saturated heterocycles. The molecule has 1 aromatic rings. The second-order valence-electron chi connectivity index (χ2n) is 2.18. The zero-order valence-corrected chi connectivity index (χ0v) is 6.72. The Hall–Kier alpha value is -1.46. The highest BCUT2D eigenvalue weighted by Gasteiger charge is 2.31. The highest BCUT2D eigenvalue weighted by Crippen LogP contribution is 2.22. The number of ether oxygens (including phenoxy) is 1. The predicted octanol–water partition coefficient (Wildman–Crippen LogP) is 2.02. The van der Waals surface area contributed by atoms with E-state index in [0.29, 0.717) is 5.69 Å². The highest BCUT2D eigenvalue weighted by molar-refractivity contribution is 5.44. The van der Waals surface area contributed by atoms with Gasteiger partial charge in [-0.1, -0.05) is 0 Å². The van der Waals surface area contributed by atoms with Crippen molar-refractivity contribution in [2.75, 3.05) is 12.4 Å². The highest BCUT2D eigenvalue weighted by atomic mass is 19.4. The lowest BCUT2D eigenvalue weighted by Crippen LogP contribution is -2.17. The average Bonchev–Trinajstić information content (AvgIpc) is 2.01. The summed E-state index contributed by atoms with van der Waals surface area (Å²) in [4.78, 5) is 3.39. The molecular weight excluding hydrogens is 185 g/mol. The first-order valence-electron chi connectivity index (χ1n) is 3.41. The van der Waals surface area contributed by atoms with E-state index in [2.05, 4.69) is 15.0 Å². The second-order valence-corrected chi connectivity index (χ2v) is 2.18. The Bertz CT molecular complexity index is 287. The van der Waals surface area contributed by atoms with Crippen LogP contribution in [-0.4, -0.2) is 18.4 Å². The molecule has 0 saturated carbocycles. The Balaban J connectivity index is 2.78. The van der Waals surface area contributed by atoms with E-state index < -0.39 is 12.2 Å². The largest absolute Gasteiger partial charge is 0.574 e. The molecule has 0 aromatic carbocycles. The van der Waals surface area contributed by atoms with E-state index in [1.54, 1.807) is 7.05 Å². The van der Waals surface area contributed by atoms with E-state index in [4.69, 9.17) is 0 Å². The molecule has 6 heteroatoms. The van der Waals surface area contributed by atoms with Gasteiger partial charge in [0.1, 0.15) is 0 Å². The molecule has 72 valence electrons. The maximum atomic E-state index is 11.7. The molecule has 0 aliphatic carbocycles. The van der Waals surface area contributed by atoms with Crippen LogP contribution in [0.1, 0.15) is 0 Å². The lowest BCUT2D eigenvalue weighted by molar-refractivity contribution is -0.276. The SMILES string of the molecule is CNc1ccnc(OC(F)(F)F)c1. The van der Waals surface area contributed by atoms with Crippen LogP contribution in [0.15, 0.2) is 18.3 Å². The van der Waals surface area contributed by atoms with Crippen molar-refractivity contribution < 1.29 is 17.9 Å². The van der Waals surface area contributed by atoms with Crippen LogP contribution in [0.3, 0.4) is 0 Å². The van der Waals surface area contributed by atoms with Gasteiger partial charge in [-0.25, -0.2) is 4.98 Å². The maximum Gasteiger partial charge on any atom is 0.574 e. The number of alkyl halides is 3. The van der Waals surface area contributed by atoms with Crippen LogP contribution in [0.2, 0.25) is 0 Å². The van der Waals surface area contributed by atoms with Gasteiger partial charge in [-0.15, -0.1) is 13.2 Å². The number of anilines is 1. The summed E-state index contributed by atoms with van der Waals surface area (Å²) >= 11 is 0. The Morgan fingerprint density at radius 2 is 2.15 bits per heavy atom. The third-order valence-electron chi connectivity index (χ3n) is 1.24. The Kier molecular flexibility index (Phi) is 2.60. The first-order chi connectivity index (χ1) is 6.01. The minimum absolute atomic E-state index is 0.473. The van der Waals surface area contributed by atoms with Crippen LogP contribution in [0.25, 0.3) is 0 Å². The molecule has 1 N–H and O–H groups in total. The molecule has 0 amide bonds. The van der Waals surface area contributed by atoms with Crippen molar-refractivity contribution in [1.29, 1.82) is 0 Å². The monoisotopic (exact) mass is 192 g/mol. The van der Waals surface area contributed by atoms with E-state index >= 15 is 0 Å². The molecule has 0 fully saturated rings. The maximum absolute atomic E-state index is 11.7. The molecule has 1 heterocycles. The molecule has 0 bridgehead atoms. The van der Waals surface area contributed by atoms with E-state index in [-0.39, 0.29) is 0 Å². The van der Waals surface area contributed by atoms with Gasteiger partial charge in [0.15, 0.2) is 0 Å². The van der Waals surface area contributed by atoms with Crippen LogP contribution in [0.4, 0.5) is 18.9 Å². The first-order valence-corrected chi connectivity index (χ1v) is 3.41. The number of nitrogens with zero attached hydrogens (tertiary/aromatic N) is 1. The molecule has 0 spiro atoms. The molecule has 3 nitrogen and oxygen atoms in total. The summed E-state index contributed by atoms with van der Waals surface area (Å²) in [5, 5.41) is 2.67. The summed E-state index contributed by atoms with van der Waals surface area (Å²) in [7, 11) is 1.59. The van der Waals surface area contributed by atoms with Crippen molar-refractivity contribution >= 4 is 5.69 Å². The van der Waals surface area contributed by atoms with Crippen LogP contribution in [-0.2, 0) is 0 Å². The van der Waals surface area contributed by atoms with Gasteiger partial charge in [0.25, 0.3) is 0 Å². The number of nitrogens with one attached hydrogen (secondary N) is 1. The Morgan fingerprint density at radius 3 is 2.69 bits per heavy atom. The Labute approximate surface area is 72.5 Å². The summed E-state index contributed by atoms with van der Waals surface area (Å²) < 4.78 is 38.7. The molecule has 0 aliphatic heterocycles. The quantitative estimate of drug-likeness (QED) is 0.778. The zero-order chi connectivity index (χ0) is 9.90.